The third-order valence-corrected chi connectivity index (χ3v) is 3.63. The molecule has 2 rings (SSSR count). The van der Waals surface area contributed by atoms with Gasteiger partial charge >= 0.3 is 0 Å². The molecule has 1 heterocycles. The Kier molecular flexibility index (Phi) is 4.63. The second-order valence-electron chi connectivity index (χ2n) is 6.10. The molecule has 0 atom stereocenters. The highest BCUT2D eigenvalue weighted by Crippen LogP contribution is 2.20. The summed E-state index contributed by atoms with van der Waals surface area (Å²) >= 11 is 0. The maximum absolute atomic E-state index is 13.1. The van der Waals surface area contributed by atoms with Crippen LogP contribution in [0.25, 0.3) is 10.9 Å². The number of aromatic nitrogens is 1. The van der Waals surface area contributed by atoms with E-state index in [0.29, 0.717) is 18.5 Å². The van der Waals surface area contributed by atoms with Crippen LogP contribution in [0.1, 0.15) is 25.8 Å². The maximum atomic E-state index is 13.1. The van der Waals surface area contributed by atoms with E-state index in [2.05, 4.69) is 10.3 Å². The molecule has 0 unspecified atom stereocenters. The monoisotopic (exact) mass is 292 g/mol. The van der Waals surface area contributed by atoms with Gasteiger partial charge in [-0.2, -0.15) is 0 Å². The lowest BCUT2D eigenvalue weighted by Gasteiger charge is -2.23. The van der Waals surface area contributed by atoms with Crippen molar-refractivity contribution in [3.8, 4) is 0 Å². The Morgan fingerprint density at radius 3 is 2.90 bits per heavy atom. The van der Waals surface area contributed by atoms with Crippen LogP contribution >= 0.6 is 0 Å². The SMILES string of the molecule is CC(C)(CCO)CNC(=O)Cc1c[nH]c2cc(F)ccc12. The summed E-state index contributed by atoms with van der Waals surface area (Å²) in [6.07, 6.45) is 2.63. The lowest BCUT2D eigenvalue weighted by molar-refractivity contribution is -0.120. The minimum absolute atomic E-state index is 0.0776. The Morgan fingerprint density at radius 2 is 2.19 bits per heavy atom. The van der Waals surface area contributed by atoms with Crippen LogP contribution in [0.4, 0.5) is 4.39 Å². The molecule has 0 radical (unpaired) electrons. The van der Waals surface area contributed by atoms with E-state index in [-0.39, 0.29) is 30.2 Å². The zero-order valence-electron chi connectivity index (χ0n) is 12.4. The van der Waals surface area contributed by atoms with Crippen LogP contribution in [0.5, 0.6) is 0 Å². The van der Waals surface area contributed by atoms with Crippen molar-refractivity contribution in [3.05, 3.63) is 35.8 Å². The molecule has 1 amide bonds. The van der Waals surface area contributed by atoms with Gasteiger partial charge in [0.15, 0.2) is 0 Å². The van der Waals surface area contributed by atoms with Crippen molar-refractivity contribution >= 4 is 16.8 Å². The van der Waals surface area contributed by atoms with Crippen LogP contribution in [-0.2, 0) is 11.2 Å². The average Bonchev–Trinajstić information content (AvgIpc) is 2.79. The predicted octanol–water partition coefficient (Wildman–Crippen LogP) is 2.37. The Morgan fingerprint density at radius 1 is 1.43 bits per heavy atom. The molecule has 0 bridgehead atoms. The smallest absolute Gasteiger partial charge is 0.224 e. The molecule has 21 heavy (non-hydrogen) atoms. The van der Waals surface area contributed by atoms with Crippen LogP contribution < -0.4 is 5.32 Å². The maximum Gasteiger partial charge on any atom is 0.224 e. The van der Waals surface area contributed by atoms with Crippen LogP contribution in [-0.4, -0.2) is 29.1 Å². The van der Waals surface area contributed by atoms with Crippen molar-refractivity contribution < 1.29 is 14.3 Å². The van der Waals surface area contributed by atoms with E-state index in [1.807, 2.05) is 13.8 Å². The van der Waals surface area contributed by atoms with Gasteiger partial charge in [0.05, 0.1) is 6.42 Å². The number of nitrogens with one attached hydrogen (secondary N) is 2. The number of aliphatic hydroxyl groups is 1. The lowest BCUT2D eigenvalue weighted by Crippen LogP contribution is -2.35. The first-order valence-corrected chi connectivity index (χ1v) is 7.04. The molecule has 114 valence electrons. The first kappa shape index (κ1) is 15.5. The van der Waals surface area contributed by atoms with Gasteiger partial charge in [-0.1, -0.05) is 13.8 Å². The summed E-state index contributed by atoms with van der Waals surface area (Å²) < 4.78 is 13.1. The highest BCUT2D eigenvalue weighted by molar-refractivity contribution is 5.88. The molecule has 0 spiro atoms. The number of amides is 1. The summed E-state index contributed by atoms with van der Waals surface area (Å²) in [5.74, 6) is -0.377. The fourth-order valence-electron chi connectivity index (χ4n) is 2.27. The number of benzene rings is 1. The third kappa shape index (κ3) is 4.04. The van der Waals surface area contributed by atoms with Crippen molar-refractivity contribution in [1.29, 1.82) is 0 Å². The fourth-order valence-corrected chi connectivity index (χ4v) is 2.27. The molecule has 0 aliphatic heterocycles. The quantitative estimate of drug-likeness (QED) is 0.765. The summed E-state index contributed by atoms with van der Waals surface area (Å²) in [5.41, 5.74) is 1.41. The van der Waals surface area contributed by atoms with Crippen molar-refractivity contribution in [3.63, 3.8) is 0 Å². The number of fused-ring (bicyclic) bond motifs is 1. The number of carbonyl (C=O) groups excluding carboxylic acids is 1. The van der Waals surface area contributed by atoms with E-state index >= 15 is 0 Å². The summed E-state index contributed by atoms with van der Waals surface area (Å²) in [7, 11) is 0. The van der Waals surface area contributed by atoms with Crippen molar-refractivity contribution in [2.24, 2.45) is 5.41 Å². The molecule has 1 aromatic heterocycles. The van der Waals surface area contributed by atoms with Gasteiger partial charge in [0.2, 0.25) is 5.91 Å². The van der Waals surface area contributed by atoms with Gasteiger partial charge in [-0.3, -0.25) is 4.79 Å². The van der Waals surface area contributed by atoms with Crippen molar-refractivity contribution in [2.75, 3.05) is 13.2 Å². The fraction of sp³-hybridized carbons (Fsp3) is 0.438. The number of rotatable bonds is 6. The molecule has 5 heteroatoms. The molecule has 0 saturated heterocycles. The summed E-state index contributed by atoms with van der Waals surface area (Å²) in [6, 6.07) is 4.49. The second kappa shape index (κ2) is 6.26. The molecule has 4 nitrogen and oxygen atoms in total. The topological polar surface area (TPSA) is 65.1 Å². The number of hydrogen-bond donors (Lipinski definition) is 3. The third-order valence-electron chi connectivity index (χ3n) is 3.63. The number of aromatic amines is 1. The minimum Gasteiger partial charge on any atom is -0.396 e. The van der Waals surface area contributed by atoms with E-state index in [0.717, 1.165) is 10.9 Å². The van der Waals surface area contributed by atoms with E-state index in [1.54, 1.807) is 12.3 Å². The Hall–Kier alpha value is -1.88. The Bertz CT molecular complexity index is 634. The largest absolute Gasteiger partial charge is 0.396 e. The molecule has 0 aliphatic carbocycles. The lowest BCUT2D eigenvalue weighted by atomic mass is 9.89. The van der Waals surface area contributed by atoms with Crippen LogP contribution in [0.3, 0.4) is 0 Å². The first-order chi connectivity index (χ1) is 9.91. The molecule has 2 aromatic rings. The van der Waals surface area contributed by atoms with E-state index < -0.39 is 0 Å². The van der Waals surface area contributed by atoms with Gasteiger partial charge in [-0.15, -0.1) is 0 Å². The van der Waals surface area contributed by atoms with Gasteiger partial charge in [0, 0.05) is 30.3 Å². The number of aliphatic hydroxyl groups excluding tert-OH is 1. The predicted molar refractivity (Wildman–Crippen MR) is 80.5 cm³/mol. The highest BCUT2D eigenvalue weighted by Gasteiger charge is 2.18. The molecule has 0 saturated carbocycles. The number of H-pyrrole nitrogens is 1. The van der Waals surface area contributed by atoms with Crippen molar-refractivity contribution in [1.82, 2.24) is 10.3 Å². The molecule has 0 fully saturated rings. The standard InChI is InChI=1S/C16H21FN2O2/c1-16(2,5-6-20)10-19-15(21)7-11-9-18-14-8-12(17)3-4-13(11)14/h3-4,8-9,18,20H,5-7,10H2,1-2H3,(H,19,21). The molecular formula is C16H21FN2O2. The van der Waals surface area contributed by atoms with Crippen molar-refractivity contribution in [2.45, 2.75) is 26.7 Å². The van der Waals surface area contributed by atoms with Gasteiger partial charge in [0.1, 0.15) is 5.82 Å². The molecule has 0 aliphatic rings. The van der Waals surface area contributed by atoms with Crippen LogP contribution in [0.2, 0.25) is 0 Å². The van der Waals surface area contributed by atoms with E-state index in [4.69, 9.17) is 5.11 Å². The van der Waals surface area contributed by atoms with E-state index in [9.17, 15) is 9.18 Å². The summed E-state index contributed by atoms with van der Waals surface area (Å²) in [6.45, 7) is 4.62. The molecule has 3 N–H and O–H groups in total. The second-order valence-corrected chi connectivity index (χ2v) is 6.10. The van der Waals surface area contributed by atoms with Crippen LogP contribution in [0.15, 0.2) is 24.4 Å². The summed E-state index contributed by atoms with van der Waals surface area (Å²) in [5, 5.41) is 12.7. The highest BCUT2D eigenvalue weighted by atomic mass is 19.1. The summed E-state index contributed by atoms with van der Waals surface area (Å²) in [4.78, 5) is 15.0. The van der Waals surface area contributed by atoms with Gasteiger partial charge in [0.25, 0.3) is 0 Å². The van der Waals surface area contributed by atoms with Gasteiger partial charge in [-0.25, -0.2) is 4.39 Å². The molecular weight excluding hydrogens is 271 g/mol. The Balaban J connectivity index is 1.99. The zero-order chi connectivity index (χ0) is 15.5. The first-order valence-electron chi connectivity index (χ1n) is 7.04. The normalized spacial score (nSPS) is 11.8. The molecule has 1 aromatic carbocycles. The van der Waals surface area contributed by atoms with Crippen LogP contribution in [0, 0.1) is 11.2 Å². The number of carbonyl (C=O) groups is 1. The van der Waals surface area contributed by atoms with Gasteiger partial charge in [-0.05, 0) is 35.6 Å². The number of hydrogen-bond acceptors (Lipinski definition) is 2. The van der Waals surface area contributed by atoms with Gasteiger partial charge < -0.3 is 15.4 Å². The van der Waals surface area contributed by atoms with E-state index in [1.165, 1.54) is 12.1 Å². The number of halogens is 1. The average molecular weight is 292 g/mol. The Labute approximate surface area is 123 Å². The zero-order valence-corrected chi connectivity index (χ0v) is 12.4. The minimum atomic E-state index is -0.300.